The average Bonchev–Trinajstić information content (AvgIpc) is 2.88. The lowest BCUT2D eigenvalue weighted by molar-refractivity contribution is -0.133. The molecule has 0 bridgehead atoms. The van der Waals surface area contributed by atoms with Gasteiger partial charge in [0.2, 0.25) is 5.91 Å². The van der Waals surface area contributed by atoms with Gasteiger partial charge in [0, 0.05) is 24.9 Å². The number of hydrogen-bond donors (Lipinski definition) is 1. The molecule has 1 aromatic rings. The highest BCUT2D eigenvalue weighted by Crippen LogP contribution is 2.48. The molecule has 22 heavy (non-hydrogen) atoms. The normalized spacial score (nSPS) is 35.0. The van der Waals surface area contributed by atoms with Gasteiger partial charge in [-0.1, -0.05) is 0 Å². The number of nitrogens with one attached hydrogen (secondary N) is 1. The molecule has 0 spiro atoms. The Morgan fingerprint density at radius 3 is 2.95 bits per heavy atom. The molecule has 1 aliphatic heterocycles. The SMILES string of the molecule is CN(C)[C@@H]1[C@@H](NC(=O)C2(Cn3cccn3)CC2)[C@H]2CCO[C@H]21. The van der Waals surface area contributed by atoms with Crippen molar-refractivity contribution in [3.05, 3.63) is 18.5 Å². The van der Waals surface area contributed by atoms with Crippen LogP contribution in [0.1, 0.15) is 19.3 Å². The summed E-state index contributed by atoms with van der Waals surface area (Å²) in [5, 5.41) is 7.57. The van der Waals surface area contributed by atoms with Gasteiger partial charge in [-0.05, 0) is 39.4 Å². The fourth-order valence-corrected chi connectivity index (χ4v) is 4.10. The Labute approximate surface area is 130 Å². The lowest BCUT2D eigenvalue weighted by Gasteiger charge is -2.51. The van der Waals surface area contributed by atoms with Crippen LogP contribution in [0.4, 0.5) is 0 Å². The van der Waals surface area contributed by atoms with Crippen molar-refractivity contribution in [2.75, 3.05) is 20.7 Å². The Bertz CT molecular complexity index is 553. The van der Waals surface area contributed by atoms with Gasteiger partial charge in [0.05, 0.1) is 30.1 Å². The number of ether oxygens (including phenoxy) is 1. The first-order valence-corrected chi connectivity index (χ1v) is 8.17. The van der Waals surface area contributed by atoms with Gasteiger partial charge in [0.15, 0.2) is 0 Å². The largest absolute Gasteiger partial charge is 0.376 e. The number of fused-ring (bicyclic) bond motifs is 1. The van der Waals surface area contributed by atoms with E-state index in [0.717, 1.165) is 25.9 Å². The molecular formula is C16H24N4O2. The van der Waals surface area contributed by atoms with E-state index in [1.807, 2.05) is 16.9 Å². The van der Waals surface area contributed by atoms with E-state index in [1.54, 1.807) is 6.20 Å². The predicted octanol–water partition coefficient (Wildman–Crippen LogP) is 0.497. The third-order valence-electron chi connectivity index (χ3n) is 5.60. The molecule has 1 aromatic heterocycles. The Kier molecular flexibility index (Phi) is 3.27. The van der Waals surface area contributed by atoms with Crippen LogP contribution in [0.15, 0.2) is 18.5 Å². The van der Waals surface area contributed by atoms with Gasteiger partial charge in [-0.3, -0.25) is 9.48 Å². The van der Waals surface area contributed by atoms with Crippen molar-refractivity contribution in [3.63, 3.8) is 0 Å². The second kappa shape index (κ2) is 5.06. The Morgan fingerprint density at radius 2 is 2.32 bits per heavy atom. The van der Waals surface area contributed by atoms with Crippen LogP contribution in [0.2, 0.25) is 0 Å². The highest BCUT2D eigenvalue weighted by atomic mass is 16.5. The van der Waals surface area contributed by atoms with E-state index < -0.39 is 0 Å². The third-order valence-corrected chi connectivity index (χ3v) is 5.60. The Morgan fingerprint density at radius 1 is 1.50 bits per heavy atom. The molecule has 3 fully saturated rings. The standard InChI is InChI=1S/C16H24N4O2/c1-19(2)13-12(11-4-9-22-14(11)13)18-15(21)16(5-6-16)10-20-8-3-7-17-20/h3,7-8,11-14H,4-6,9-10H2,1-2H3,(H,18,21)/t11-,12+,13-,14-/m1/s1. The number of hydrogen-bond acceptors (Lipinski definition) is 4. The maximum Gasteiger partial charge on any atom is 0.228 e. The van der Waals surface area contributed by atoms with Crippen molar-refractivity contribution in [1.29, 1.82) is 0 Å². The average molecular weight is 304 g/mol. The maximum absolute atomic E-state index is 12.8. The van der Waals surface area contributed by atoms with Gasteiger partial charge in [-0.25, -0.2) is 0 Å². The first-order chi connectivity index (χ1) is 10.6. The lowest BCUT2D eigenvalue weighted by Crippen LogP contribution is -2.70. The van der Waals surface area contributed by atoms with Gasteiger partial charge < -0.3 is 15.0 Å². The second-order valence-electron chi connectivity index (χ2n) is 7.23. The number of aromatic nitrogens is 2. The van der Waals surface area contributed by atoms with E-state index in [2.05, 4.69) is 29.4 Å². The fraction of sp³-hybridized carbons (Fsp3) is 0.750. The topological polar surface area (TPSA) is 59.4 Å². The van der Waals surface area contributed by atoms with E-state index in [0.29, 0.717) is 24.6 Å². The summed E-state index contributed by atoms with van der Waals surface area (Å²) in [7, 11) is 4.14. The first kappa shape index (κ1) is 14.2. The minimum absolute atomic E-state index is 0.199. The van der Waals surface area contributed by atoms with Gasteiger partial charge in [0.25, 0.3) is 0 Å². The highest BCUT2D eigenvalue weighted by Gasteiger charge is 2.58. The molecule has 4 rings (SSSR count). The van der Waals surface area contributed by atoms with Crippen LogP contribution in [0.3, 0.4) is 0 Å². The van der Waals surface area contributed by atoms with Gasteiger partial charge in [0.1, 0.15) is 0 Å². The molecule has 1 N–H and O–H groups in total. The van der Waals surface area contributed by atoms with Crippen LogP contribution in [0.5, 0.6) is 0 Å². The lowest BCUT2D eigenvalue weighted by atomic mass is 9.70. The predicted molar refractivity (Wildman–Crippen MR) is 81.1 cm³/mol. The summed E-state index contributed by atoms with van der Waals surface area (Å²) < 4.78 is 7.69. The van der Waals surface area contributed by atoms with Crippen molar-refractivity contribution in [3.8, 4) is 0 Å². The number of amides is 1. The number of nitrogens with zero attached hydrogens (tertiary/aromatic N) is 3. The zero-order valence-corrected chi connectivity index (χ0v) is 13.2. The quantitative estimate of drug-likeness (QED) is 0.860. The molecule has 0 unspecified atom stereocenters. The molecule has 3 aliphatic rings. The molecule has 6 heteroatoms. The molecule has 0 radical (unpaired) electrons. The molecule has 2 heterocycles. The summed E-state index contributed by atoms with van der Waals surface area (Å²) >= 11 is 0. The summed E-state index contributed by atoms with van der Waals surface area (Å²) in [5.41, 5.74) is -0.243. The van der Waals surface area contributed by atoms with E-state index >= 15 is 0 Å². The van der Waals surface area contributed by atoms with Crippen molar-refractivity contribution in [1.82, 2.24) is 20.0 Å². The second-order valence-corrected chi connectivity index (χ2v) is 7.23. The number of carbonyl (C=O) groups excluding carboxylic acids is 1. The number of likely N-dealkylation sites (N-methyl/N-ethyl adjacent to an activating group) is 1. The van der Waals surface area contributed by atoms with Crippen molar-refractivity contribution >= 4 is 5.91 Å². The molecule has 1 saturated heterocycles. The van der Waals surface area contributed by atoms with Crippen molar-refractivity contribution < 1.29 is 9.53 Å². The molecule has 6 nitrogen and oxygen atoms in total. The van der Waals surface area contributed by atoms with Crippen LogP contribution in [0, 0.1) is 11.3 Å². The summed E-state index contributed by atoms with van der Waals surface area (Å²) in [5.74, 6) is 0.682. The number of carbonyl (C=O) groups is 1. The fourth-order valence-electron chi connectivity index (χ4n) is 4.10. The molecular weight excluding hydrogens is 280 g/mol. The van der Waals surface area contributed by atoms with Crippen molar-refractivity contribution in [2.45, 2.75) is 44.0 Å². The summed E-state index contributed by atoms with van der Waals surface area (Å²) in [6, 6.07) is 2.43. The zero-order chi connectivity index (χ0) is 15.3. The smallest absolute Gasteiger partial charge is 0.228 e. The molecule has 4 atom stereocenters. The summed E-state index contributed by atoms with van der Waals surface area (Å²) in [6.07, 6.45) is 6.97. The highest BCUT2D eigenvalue weighted by molar-refractivity contribution is 5.85. The molecule has 120 valence electrons. The van der Waals surface area contributed by atoms with Gasteiger partial charge >= 0.3 is 0 Å². The number of rotatable bonds is 5. The molecule has 2 aliphatic carbocycles. The molecule has 0 aromatic carbocycles. The van der Waals surface area contributed by atoms with Crippen LogP contribution in [-0.2, 0) is 16.1 Å². The monoisotopic (exact) mass is 304 g/mol. The summed E-state index contributed by atoms with van der Waals surface area (Å²) in [6.45, 7) is 1.51. The van der Waals surface area contributed by atoms with Crippen LogP contribution in [0.25, 0.3) is 0 Å². The summed E-state index contributed by atoms with van der Waals surface area (Å²) in [4.78, 5) is 15.0. The van der Waals surface area contributed by atoms with E-state index in [4.69, 9.17) is 4.74 Å². The van der Waals surface area contributed by atoms with Crippen LogP contribution < -0.4 is 5.32 Å². The molecule has 2 saturated carbocycles. The van der Waals surface area contributed by atoms with E-state index in [-0.39, 0.29) is 17.4 Å². The van der Waals surface area contributed by atoms with Gasteiger partial charge in [-0.2, -0.15) is 5.10 Å². The van der Waals surface area contributed by atoms with E-state index in [9.17, 15) is 4.79 Å². The zero-order valence-electron chi connectivity index (χ0n) is 13.2. The van der Waals surface area contributed by atoms with E-state index in [1.165, 1.54) is 0 Å². The van der Waals surface area contributed by atoms with Crippen LogP contribution >= 0.6 is 0 Å². The first-order valence-electron chi connectivity index (χ1n) is 8.17. The van der Waals surface area contributed by atoms with Crippen molar-refractivity contribution in [2.24, 2.45) is 11.3 Å². The Hall–Kier alpha value is -1.40. The van der Waals surface area contributed by atoms with Crippen LogP contribution in [-0.4, -0.2) is 59.5 Å². The Balaban J connectivity index is 1.43. The molecule has 1 amide bonds. The maximum atomic E-state index is 12.8. The minimum Gasteiger partial charge on any atom is -0.376 e. The third kappa shape index (κ3) is 2.16. The minimum atomic E-state index is -0.243. The van der Waals surface area contributed by atoms with Gasteiger partial charge in [-0.15, -0.1) is 0 Å².